The molecule has 31 heavy (non-hydrogen) atoms. The summed E-state index contributed by atoms with van der Waals surface area (Å²) in [7, 11) is 0. The number of oxazole rings is 1. The van der Waals surface area contributed by atoms with E-state index in [0.717, 1.165) is 25.7 Å². The van der Waals surface area contributed by atoms with Gasteiger partial charge in [0.1, 0.15) is 5.52 Å². The van der Waals surface area contributed by atoms with Gasteiger partial charge in [-0.1, -0.05) is 30.3 Å². The fourth-order valence-electron chi connectivity index (χ4n) is 4.05. The van der Waals surface area contributed by atoms with Gasteiger partial charge < -0.3 is 14.6 Å². The average Bonchev–Trinajstić information content (AvgIpc) is 3.36. The number of aryl methyl sites for hydroxylation is 2. The van der Waals surface area contributed by atoms with Crippen molar-refractivity contribution >= 4 is 22.9 Å². The third-order valence-electron chi connectivity index (χ3n) is 5.76. The highest BCUT2D eigenvalue weighted by Crippen LogP contribution is 2.21. The summed E-state index contributed by atoms with van der Waals surface area (Å²) in [5.74, 6) is 0.710. The number of nitrogens with zero attached hydrogens (tertiary/aromatic N) is 2. The minimum Gasteiger partial charge on any atom is -0.441 e. The molecule has 2 aromatic carbocycles. The first kappa shape index (κ1) is 21.1. The molecule has 162 valence electrons. The van der Waals surface area contributed by atoms with E-state index in [0.29, 0.717) is 35.5 Å². The van der Waals surface area contributed by atoms with E-state index in [9.17, 15) is 9.59 Å². The lowest BCUT2D eigenvalue weighted by Gasteiger charge is -2.29. The highest BCUT2D eigenvalue weighted by molar-refractivity contribution is 5.97. The minimum absolute atomic E-state index is 0.0193. The normalized spacial score (nSPS) is 16.1. The number of rotatable bonds is 8. The number of fused-ring (bicyclic) bond motifs is 1. The van der Waals surface area contributed by atoms with Crippen LogP contribution in [-0.2, 0) is 17.6 Å². The van der Waals surface area contributed by atoms with Crippen LogP contribution < -0.4 is 5.32 Å². The van der Waals surface area contributed by atoms with Crippen LogP contribution in [0.1, 0.15) is 54.9 Å². The summed E-state index contributed by atoms with van der Waals surface area (Å²) in [6, 6.07) is 15.9. The van der Waals surface area contributed by atoms with Crippen LogP contribution in [0.15, 0.2) is 52.9 Å². The summed E-state index contributed by atoms with van der Waals surface area (Å²) in [6.07, 6.45) is 3.99. The molecule has 0 bridgehead atoms. The van der Waals surface area contributed by atoms with Crippen LogP contribution in [-0.4, -0.2) is 40.3 Å². The first-order valence-corrected chi connectivity index (χ1v) is 11.0. The van der Waals surface area contributed by atoms with Gasteiger partial charge in [-0.25, -0.2) is 4.98 Å². The van der Waals surface area contributed by atoms with Crippen LogP contribution >= 0.6 is 0 Å². The van der Waals surface area contributed by atoms with Gasteiger partial charge in [0.05, 0.1) is 0 Å². The maximum atomic E-state index is 13.2. The Morgan fingerprint density at radius 1 is 1.19 bits per heavy atom. The van der Waals surface area contributed by atoms with Crippen molar-refractivity contribution in [3.8, 4) is 0 Å². The molecule has 1 unspecified atom stereocenters. The summed E-state index contributed by atoms with van der Waals surface area (Å²) >= 11 is 0. The quantitative estimate of drug-likeness (QED) is 0.596. The Labute approximate surface area is 182 Å². The van der Waals surface area contributed by atoms with E-state index in [-0.39, 0.29) is 23.9 Å². The molecule has 6 heteroatoms. The Hall–Kier alpha value is -3.15. The molecule has 3 aromatic rings. The largest absolute Gasteiger partial charge is 0.441 e. The van der Waals surface area contributed by atoms with Crippen molar-refractivity contribution in [2.24, 2.45) is 0 Å². The van der Waals surface area contributed by atoms with Gasteiger partial charge in [-0.05, 0) is 56.9 Å². The molecule has 1 fully saturated rings. The zero-order valence-electron chi connectivity index (χ0n) is 18.1. The molecule has 4 rings (SSSR count). The number of benzene rings is 2. The topological polar surface area (TPSA) is 75.4 Å². The molecule has 1 aliphatic rings. The first-order chi connectivity index (χ1) is 15.0. The Bertz CT molecular complexity index is 1060. The molecule has 0 saturated carbocycles. The predicted octanol–water partition coefficient (Wildman–Crippen LogP) is 4.13. The van der Waals surface area contributed by atoms with Crippen LogP contribution in [0.3, 0.4) is 0 Å². The standard InChI is InChI=1S/C25H29N3O3/c1-17(2)28(16-20-12-14-23(29)26-20)25(30)19-11-13-22-21(15-19)27-24(31-22)10-6-9-18-7-4-3-5-8-18/h3-5,7-8,11,13,15,17,20H,6,9-10,12,14,16H2,1-2H3,(H,26,29). The Kier molecular flexibility index (Phi) is 6.35. The van der Waals surface area contributed by atoms with Crippen LogP contribution in [0.25, 0.3) is 11.1 Å². The maximum Gasteiger partial charge on any atom is 0.254 e. The van der Waals surface area contributed by atoms with Gasteiger partial charge in [0.15, 0.2) is 11.5 Å². The molecule has 1 N–H and O–H groups in total. The molecule has 1 saturated heterocycles. The summed E-state index contributed by atoms with van der Waals surface area (Å²) in [5.41, 5.74) is 3.30. The number of hydrogen-bond acceptors (Lipinski definition) is 4. The molecule has 1 aliphatic heterocycles. The van der Waals surface area contributed by atoms with Crippen molar-refractivity contribution in [2.45, 2.75) is 58.0 Å². The number of carbonyl (C=O) groups excluding carboxylic acids is 2. The number of aromatic nitrogens is 1. The van der Waals surface area contributed by atoms with Crippen LogP contribution in [0.4, 0.5) is 0 Å². The molecule has 0 radical (unpaired) electrons. The van der Waals surface area contributed by atoms with E-state index in [1.54, 1.807) is 6.07 Å². The smallest absolute Gasteiger partial charge is 0.254 e. The van der Waals surface area contributed by atoms with Crippen LogP contribution in [0.2, 0.25) is 0 Å². The number of amides is 2. The average molecular weight is 420 g/mol. The molecule has 1 atom stereocenters. The van der Waals surface area contributed by atoms with E-state index in [4.69, 9.17) is 4.42 Å². The SMILES string of the molecule is CC(C)N(CC1CCC(=O)N1)C(=O)c1ccc2oc(CCCc3ccccc3)nc2c1. The molecule has 2 amide bonds. The van der Waals surface area contributed by atoms with Crippen molar-refractivity contribution in [3.05, 3.63) is 65.5 Å². The van der Waals surface area contributed by atoms with E-state index in [1.807, 2.05) is 49.1 Å². The summed E-state index contributed by atoms with van der Waals surface area (Å²) < 4.78 is 5.88. The molecule has 1 aromatic heterocycles. The van der Waals surface area contributed by atoms with Gasteiger partial charge >= 0.3 is 0 Å². The van der Waals surface area contributed by atoms with Crippen LogP contribution in [0, 0.1) is 0 Å². The minimum atomic E-state index is -0.0494. The zero-order valence-corrected chi connectivity index (χ0v) is 18.1. The highest BCUT2D eigenvalue weighted by Gasteiger charge is 2.27. The lowest BCUT2D eigenvalue weighted by atomic mass is 10.1. The molecule has 0 spiro atoms. The lowest BCUT2D eigenvalue weighted by Crippen LogP contribution is -2.45. The first-order valence-electron chi connectivity index (χ1n) is 11.0. The van der Waals surface area contributed by atoms with E-state index < -0.39 is 0 Å². The van der Waals surface area contributed by atoms with Crippen molar-refractivity contribution in [3.63, 3.8) is 0 Å². The second-order valence-corrected chi connectivity index (χ2v) is 8.48. The van der Waals surface area contributed by atoms with Gasteiger partial charge in [0.2, 0.25) is 5.91 Å². The fourth-order valence-corrected chi connectivity index (χ4v) is 4.05. The van der Waals surface area contributed by atoms with E-state index in [2.05, 4.69) is 22.4 Å². The monoisotopic (exact) mass is 419 g/mol. The molecular formula is C25H29N3O3. The Morgan fingerprint density at radius 2 is 2.00 bits per heavy atom. The third kappa shape index (κ3) is 5.13. The molecule has 0 aliphatic carbocycles. The lowest BCUT2D eigenvalue weighted by molar-refractivity contribution is -0.119. The second kappa shape index (κ2) is 9.33. The zero-order chi connectivity index (χ0) is 21.8. The van der Waals surface area contributed by atoms with E-state index >= 15 is 0 Å². The number of carbonyl (C=O) groups is 2. The summed E-state index contributed by atoms with van der Waals surface area (Å²) in [6.45, 7) is 4.51. The number of nitrogens with one attached hydrogen (secondary N) is 1. The highest BCUT2D eigenvalue weighted by atomic mass is 16.3. The molecular weight excluding hydrogens is 390 g/mol. The van der Waals surface area contributed by atoms with Gasteiger partial charge in [0, 0.05) is 37.0 Å². The number of hydrogen-bond donors (Lipinski definition) is 1. The van der Waals surface area contributed by atoms with Gasteiger partial charge in [-0.15, -0.1) is 0 Å². The molecule has 2 heterocycles. The van der Waals surface area contributed by atoms with Crippen LogP contribution in [0.5, 0.6) is 0 Å². The Morgan fingerprint density at radius 3 is 2.71 bits per heavy atom. The van der Waals surface area contributed by atoms with Crippen molar-refractivity contribution in [1.82, 2.24) is 15.2 Å². The molecule has 6 nitrogen and oxygen atoms in total. The van der Waals surface area contributed by atoms with Gasteiger partial charge in [-0.2, -0.15) is 0 Å². The summed E-state index contributed by atoms with van der Waals surface area (Å²) in [4.78, 5) is 31.1. The predicted molar refractivity (Wildman–Crippen MR) is 120 cm³/mol. The van der Waals surface area contributed by atoms with E-state index in [1.165, 1.54) is 5.56 Å². The fraction of sp³-hybridized carbons (Fsp3) is 0.400. The van der Waals surface area contributed by atoms with Crippen molar-refractivity contribution < 1.29 is 14.0 Å². The van der Waals surface area contributed by atoms with Crippen molar-refractivity contribution in [2.75, 3.05) is 6.54 Å². The summed E-state index contributed by atoms with van der Waals surface area (Å²) in [5, 5.41) is 2.95. The maximum absolute atomic E-state index is 13.2. The third-order valence-corrected chi connectivity index (χ3v) is 5.76. The van der Waals surface area contributed by atoms with Crippen molar-refractivity contribution in [1.29, 1.82) is 0 Å². The van der Waals surface area contributed by atoms with Gasteiger partial charge in [0.25, 0.3) is 5.91 Å². The Balaban J connectivity index is 1.43. The van der Waals surface area contributed by atoms with Gasteiger partial charge in [-0.3, -0.25) is 9.59 Å². The second-order valence-electron chi connectivity index (χ2n) is 8.48.